The van der Waals surface area contributed by atoms with Crippen LogP contribution in [0.15, 0.2) is 48.5 Å². The first-order valence-electron chi connectivity index (χ1n) is 30.1. The van der Waals surface area contributed by atoms with Gasteiger partial charge in [-0.25, -0.2) is 0 Å². The topological polar surface area (TPSA) is 114 Å². The van der Waals surface area contributed by atoms with Crippen molar-refractivity contribution in [3.8, 4) is 12.1 Å². The number of hydrogen-bond donors (Lipinski definition) is 1. The van der Waals surface area contributed by atoms with Gasteiger partial charge in [0.15, 0.2) is 8.32 Å². The minimum absolute atomic E-state index is 0.0464. The maximum absolute atomic E-state index is 9.48. The van der Waals surface area contributed by atoms with Crippen molar-refractivity contribution in [2.24, 2.45) is 0 Å². The lowest BCUT2D eigenvalue weighted by atomic mass is 10.0. The van der Waals surface area contributed by atoms with Crippen molar-refractivity contribution in [1.82, 2.24) is 0 Å². The molecule has 0 radical (unpaired) electrons. The molecule has 9 heteroatoms. The second kappa shape index (κ2) is 47.8. The third kappa shape index (κ3) is 40.3. The largest absolute Gasteiger partial charge is 0.414 e. The van der Waals surface area contributed by atoms with Gasteiger partial charge >= 0.3 is 0 Å². The van der Waals surface area contributed by atoms with Crippen LogP contribution in [0.5, 0.6) is 0 Å². The molecule has 0 aliphatic heterocycles. The number of aliphatic hydroxyl groups is 1. The van der Waals surface area contributed by atoms with Gasteiger partial charge in [-0.3, -0.25) is 0 Å². The maximum Gasteiger partial charge on any atom is 0.192 e. The number of nitriles is 2. The van der Waals surface area contributed by atoms with Gasteiger partial charge in [0.25, 0.3) is 0 Å². The Morgan fingerprint density at radius 1 is 0.438 bits per heavy atom. The molecule has 0 amide bonds. The Bertz CT molecular complexity index is 1580. The Morgan fingerprint density at radius 3 is 1.01 bits per heavy atom. The molecule has 8 nitrogen and oxygen atoms in total. The first-order chi connectivity index (χ1) is 35.5. The SMILES string of the molecule is CCCCCCCCCCCCCCCCCCOC[C@H](CO)OCc1ccc(C#N)cc1.CCCCCCCCCCCCCCCCCCOC[C@H](CO[Si](C)(C)C(C)(C)C)OCc1ccc(C#N)cc1. The first kappa shape index (κ1) is 68.4. The van der Waals surface area contributed by atoms with Crippen molar-refractivity contribution in [3.05, 3.63) is 70.8 Å². The summed E-state index contributed by atoms with van der Waals surface area (Å²) >= 11 is 0. The van der Waals surface area contributed by atoms with E-state index in [2.05, 4.69) is 59.9 Å². The second-order valence-electron chi connectivity index (χ2n) is 22.5. The standard InChI is InChI=1S/C35H63NO3Si.C29H49NO3/c1-7-8-9-10-11-12-13-14-15-16-17-18-19-20-21-22-27-37-30-34(31-39-40(5,6)35(2,3)4)38-29-33-25-23-32(28-36)24-26-33;1-2-3-4-5-6-7-8-9-10-11-12-13-14-15-16-17-22-32-26-29(24-31)33-25-28-20-18-27(23-30)19-21-28/h23-26,34H,7-22,27,29-31H2,1-6H3;18-21,29,31H,2-17,22,24-26H2,1H3/t34-;29-/m10/s1. The molecule has 0 saturated heterocycles. The number of benzene rings is 2. The van der Waals surface area contributed by atoms with E-state index in [4.69, 9.17) is 33.9 Å². The summed E-state index contributed by atoms with van der Waals surface area (Å²) in [6, 6.07) is 19.2. The molecule has 1 N–H and O–H groups in total. The van der Waals surface area contributed by atoms with E-state index in [0.717, 1.165) is 37.2 Å². The fourth-order valence-corrected chi connectivity index (χ4v) is 9.56. The number of nitrogens with zero attached hydrogens (tertiary/aromatic N) is 2. The Labute approximate surface area is 451 Å². The summed E-state index contributed by atoms with van der Waals surface area (Å²) in [6.45, 7) is 19.9. The molecule has 0 fully saturated rings. The highest BCUT2D eigenvalue weighted by Crippen LogP contribution is 2.36. The molecular formula is C64H112N2O6Si. The quantitative estimate of drug-likeness (QED) is 0.0515. The maximum atomic E-state index is 9.48. The van der Waals surface area contributed by atoms with E-state index < -0.39 is 8.32 Å². The summed E-state index contributed by atoms with van der Waals surface area (Å²) in [5.41, 5.74) is 3.36. The van der Waals surface area contributed by atoms with Crippen molar-refractivity contribution in [3.63, 3.8) is 0 Å². The van der Waals surface area contributed by atoms with Crippen LogP contribution < -0.4 is 0 Å². The molecule has 0 heterocycles. The summed E-state index contributed by atoms with van der Waals surface area (Å²) in [7, 11) is -1.85. The zero-order chi connectivity index (χ0) is 53.4. The molecule has 0 aliphatic rings. The van der Waals surface area contributed by atoms with E-state index in [9.17, 15) is 5.11 Å². The monoisotopic (exact) mass is 1030 g/mol. The summed E-state index contributed by atoms with van der Waals surface area (Å²) in [6.07, 6.45) is 43.5. The molecule has 0 bridgehead atoms. The summed E-state index contributed by atoms with van der Waals surface area (Å²) in [5, 5.41) is 27.5. The van der Waals surface area contributed by atoms with Crippen LogP contribution in [-0.2, 0) is 36.6 Å². The zero-order valence-corrected chi connectivity index (χ0v) is 49.4. The second-order valence-corrected chi connectivity index (χ2v) is 27.3. The Kier molecular flexibility index (Phi) is 44.8. The van der Waals surface area contributed by atoms with Crippen molar-refractivity contribution in [2.75, 3.05) is 39.6 Å². The van der Waals surface area contributed by atoms with Crippen molar-refractivity contribution >= 4 is 8.32 Å². The molecule has 0 unspecified atom stereocenters. The predicted octanol–water partition coefficient (Wildman–Crippen LogP) is 18.5. The third-order valence-corrected chi connectivity index (χ3v) is 19.2. The predicted molar refractivity (Wildman–Crippen MR) is 310 cm³/mol. The van der Waals surface area contributed by atoms with Crippen LogP contribution in [0.3, 0.4) is 0 Å². The third-order valence-electron chi connectivity index (χ3n) is 14.7. The molecule has 418 valence electrons. The van der Waals surface area contributed by atoms with E-state index in [1.807, 2.05) is 36.4 Å². The summed E-state index contributed by atoms with van der Waals surface area (Å²) in [4.78, 5) is 0. The molecule has 2 rings (SSSR count). The van der Waals surface area contributed by atoms with Gasteiger partial charge in [-0.15, -0.1) is 0 Å². The van der Waals surface area contributed by atoms with Crippen molar-refractivity contribution in [1.29, 1.82) is 10.5 Å². The van der Waals surface area contributed by atoms with Gasteiger partial charge < -0.3 is 28.5 Å². The zero-order valence-electron chi connectivity index (χ0n) is 48.4. The van der Waals surface area contributed by atoms with Crippen LogP contribution in [0, 0.1) is 22.7 Å². The smallest absolute Gasteiger partial charge is 0.192 e. The lowest BCUT2D eigenvalue weighted by Gasteiger charge is -2.37. The molecule has 0 aromatic heterocycles. The van der Waals surface area contributed by atoms with Crippen LogP contribution >= 0.6 is 0 Å². The van der Waals surface area contributed by atoms with Crippen LogP contribution in [0.25, 0.3) is 0 Å². The van der Waals surface area contributed by atoms with E-state index in [-0.39, 0.29) is 23.9 Å². The molecule has 2 aromatic carbocycles. The van der Waals surface area contributed by atoms with Gasteiger partial charge in [-0.1, -0.05) is 252 Å². The highest BCUT2D eigenvalue weighted by molar-refractivity contribution is 6.74. The Balaban J connectivity index is 0.000000744. The summed E-state index contributed by atoms with van der Waals surface area (Å²) < 4.78 is 30.2. The first-order valence-corrected chi connectivity index (χ1v) is 33.0. The lowest BCUT2D eigenvalue weighted by molar-refractivity contribution is -0.0502. The number of hydrogen-bond acceptors (Lipinski definition) is 8. The molecule has 2 atom stereocenters. The number of unbranched alkanes of at least 4 members (excludes halogenated alkanes) is 30. The van der Waals surface area contributed by atoms with E-state index in [1.54, 1.807) is 12.1 Å². The van der Waals surface area contributed by atoms with Crippen LogP contribution in [0.2, 0.25) is 18.1 Å². The fraction of sp³-hybridized carbons (Fsp3) is 0.781. The molecule has 73 heavy (non-hydrogen) atoms. The number of ether oxygens (including phenoxy) is 4. The minimum Gasteiger partial charge on any atom is -0.414 e. The Morgan fingerprint density at radius 2 is 0.726 bits per heavy atom. The minimum atomic E-state index is -1.85. The molecule has 2 aromatic rings. The average molecular weight is 1030 g/mol. The van der Waals surface area contributed by atoms with Crippen LogP contribution in [0.4, 0.5) is 0 Å². The van der Waals surface area contributed by atoms with E-state index in [1.165, 1.54) is 193 Å². The molecular weight excluding hydrogens is 921 g/mol. The van der Waals surface area contributed by atoms with Gasteiger partial charge in [0.05, 0.1) is 62.9 Å². The highest BCUT2D eigenvalue weighted by Gasteiger charge is 2.37. The van der Waals surface area contributed by atoms with Gasteiger partial charge in [0, 0.05) is 13.2 Å². The van der Waals surface area contributed by atoms with Crippen LogP contribution in [-0.4, -0.2) is 65.3 Å². The normalized spacial score (nSPS) is 12.5. The lowest BCUT2D eigenvalue weighted by Crippen LogP contribution is -2.43. The molecule has 0 spiro atoms. The highest BCUT2D eigenvalue weighted by atomic mass is 28.4. The van der Waals surface area contributed by atoms with Crippen LogP contribution in [0.1, 0.15) is 262 Å². The van der Waals surface area contributed by atoms with Gasteiger partial charge in [-0.2, -0.15) is 10.5 Å². The van der Waals surface area contributed by atoms with Crippen molar-refractivity contribution in [2.45, 2.75) is 284 Å². The number of aliphatic hydroxyl groups excluding tert-OH is 1. The van der Waals surface area contributed by atoms with Crippen molar-refractivity contribution < 1.29 is 28.5 Å². The van der Waals surface area contributed by atoms with E-state index in [0.29, 0.717) is 44.2 Å². The molecule has 0 saturated carbocycles. The average Bonchev–Trinajstić information content (AvgIpc) is 3.39. The fourth-order valence-electron chi connectivity index (χ4n) is 8.53. The number of rotatable bonds is 48. The van der Waals surface area contributed by atoms with Gasteiger partial charge in [-0.05, 0) is 66.4 Å². The summed E-state index contributed by atoms with van der Waals surface area (Å²) in [5.74, 6) is 0. The van der Waals surface area contributed by atoms with E-state index >= 15 is 0 Å². The Hall–Kier alpha value is -2.60. The molecule has 0 aliphatic carbocycles. The van der Waals surface area contributed by atoms with Gasteiger partial charge in [0.1, 0.15) is 12.2 Å². The van der Waals surface area contributed by atoms with Gasteiger partial charge in [0.2, 0.25) is 0 Å².